The normalized spacial score (nSPS) is 22.6. The lowest BCUT2D eigenvalue weighted by Gasteiger charge is -2.10. The predicted molar refractivity (Wildman–Crippen MR) is 92.4 cm³/mol. The maximum Gasteiger partial charge on any atom is 0.310 e. The quantitative estimate of drug-likeness (QED) is 0.627. The van der Waals surface area contributed by atoms with Crippen LogP contribution in [0.2, 0.25) is 0 Å². The van der Waals surface area contributed by atoms with Crippen molar-refractivity contribution < 1.29 is 9.53 Å². The third-order valence-corrected chi connectivity index (χ3v) is 5.09. The number of aryl methyl sites for hydroxylation is 1. The van der Waals surface area contributed by atoms with Crippen molar-refractivity contribution in [1.29, 1.82) is 0 Å². The average molecular weight is 416 g/mol. The van der Waals surface area contributed by atoms with Gasteiger partial charge in [0.25, 0.3) is 0 Å². The van der Waals surface area contributed by atoms with E-state index in [9.17, 15) is 4.79 Å². The summed E-state index contributed by atoms with van der Waals surface area (Å²) in [6.45, 7) is 8.68. The van der Waals surface area contributed by atoms with Gasteiger partial charge in [-0.15, -0.1) is 0 Å². The first kappa shape index (κ1) is 16.8. The van der Waals surface area contributed by atoms with Crippen LogP contribution in [0.1, 0.15) is 30.5 Å². The fourth-order valence-corrected chi connectivity index (χ4v) is 3.35. The predicted octanol–water partition coefficient (Wildman–Crippen LogP) is 5.25. The maximum absolute atomic E-state index is 12.3. The number of halogens is 2. The van der Waals surface area contributed by atoms with E-state index in [1.165, 1.54) is 11.1 Å². The van der Waals surface area contributed by atoms with Crippen LogP contribution in [0.15, 0.2) is 27.7 Å². The highest BCUT2D eigenvalue weighted by molar-refractivity contribution is 9.28. The zero-order valence-electron chi connectivity index (χ0n) is 12.7. The van der Waals surface area contributed by atoms with Gasteiger partial charge in [-0.2, -0.15) is 0 Å². The van der Waals surface area contributed by atoms with Crippen LogP contribution in [0.25, 0.3) is 0 Å². The molecule has 0 radical (unpaired) electrons. The minimum atomic E-state index is -0.108. The van der Waals surface area contributed by atoms with Crippen molar-refractivity contribution in [1.82, 2.24) is 0 Å². The highest BCUT2D eigenvalue weighted by atomic mass is 79.9. The Bertz CT molecular complexity index is 586. The highest BCUT2D eigenvalue weighted by Gasteiger charge is 2.61. The Kier molecular flexibility index (Phi) is 4.99. The van der Waals surface area contributed by atoms with Crippen molar-refractivity contribution >= 4 is 37.8 Å². The smallest absolute Gasteiger partial charge is 0.310 e. The molecule has 0 aromatic heterocycles. The van der Waals surface area contributed by atoms with Gasteiger partial charge in [0.05, 0.1) is 9.31 Å². The van der Waals surface area contributed by atoms with Gasteiger partial charge in [0.1, 0.15) is 6.61 Å². The highest BCUT2D eigenvalue weighted by Crippen LogP contribution is 2.60. The van der Waals surface area contributed by atoms with Gasteiger partial charge in [-0.1, -0.05) is 38.1 Å². The molecule has 1 aromatic rings. The van der Waals surface area contributed by atoms with E-state index in [1.54, 1.807) is 0 Å². The molecule has 0 aliphatic heterocycles. The molecule has 0 heterocycles. The molecule has 2 unspecified atom stereocenters. The number of hydrogen-bond acceptors (Lipinski definition) is 2. The molecular weight excluding hydrogens is 396 g/mol. The van der Waals surface area contributed by atoms with Gasteiger partial charge in [0, 0.05) is 0 Å². The van der Waals surface area contributed by atoms with Crippen molar-refractivity contribution in [2.45, 2.75) is 34.3 Å². The number of carbonyl (C=O) groups is 1. The molecule has 1 aliphatic rings. The lowest BCUT2D eigenvalue weighted by atomic mass is 10.0. The number of rotatable bonds is 4. The fourth-order valence-electron chi connectivity index (χ4n) is 2.78. The molecule has 0 amide bonds. The number of hydrogen-bond donors (Lipinski definition) is 0. The lowest BCUT2D eigenvalue weighted by molar-refractivity contribution is -0.147. The van der Waals surface area contributed by atoms with E-state index < -0.39 is 0 Å². The molecule has 2 rings (SSSR count). The summed E-state index contributed by atoms with van der Waals surface area (Å²) in [7, 11) is 0. The van der Waals surface area contributed by atoms with Gasteiger partial charge in [-0.25, -0.2) is 0 Å². The molecule has 0 bridgehead atoms. The molecule has 2 nitrogen and oxygen atoms in total. The summed E-state index contributed by atoms with van der Waals surface area (Å²) in [4.78, 5) is 12.3. The van der Waals surface area contributed by atoms with Crippen LogP contribution in [0.4, 0.5) is 0 Å². The van der Waals surface area contributed by atoms with Gasteiger partial charge in [-0.3, -0.25) is 4.79 Å². The Hall–Kier alpha value is -0.610. The van der Waals surface area contributed by atoms with E-state index in [4.69, 9.17) is 4.74 Å². The minimum Gasteiger partial charge on any atom is -0.461 e. The van der Waals surface area contributed by atoms with Crippen LogP contribution < -0.4 is 0 Å². The molecule has 4 heteroatoms. The minimum absolute atomic E-state index is 0.0362. The number of allylic oxidation sites excluding steroid dienone is 1. The second kappa shape index (κ2) is 6.25. The van der Waals surface area contributed by atoms with E-state index in [2.05, 4.69) is 65.6 Å². The first-order valence-corrected chi connectivity index (χ1v) is 8.58. The molecule has 1 aromatic carbocycles. The maximum atomic E-state index is 12.3. The molecule has 1 aliphatic carbocycles. The summed E-state index contributed by atoms with van der Waals surface area (Å²) in [5.74, 6) is 0.0495. The topological polar surface area (TPSA) is 26.3 Å². The molecule has 1 fully saturated rings. The van der Waals surface area contributed by atoms with Crippen LogP contribution in [0, 0.1) is 31.1 Å². The van der Waals surface area contributed by atoms with Crippen LogP contribution >= 0.6 is 31.9 Å². The molecule has 1 saturated carbocycles. The van der Waals surface area contributed by atoms with E-state index in [-0.39, 0.29) is 23.2 Å². The Morgan fingerprint density at radius 1 is 1.33 bits per heavy atom. The molecular formula is C17H20Br2O2. The monoisotopic (exact) mass is 414 g/mol. The van der Waals surface area contributed by atoms with Gasteiger partial charge in [0.2, 0.25) is 0 Å². The van der Waals surface area contributed by atoms with Crippen molar-refractivity contribution in [3.05, 3.63) is 44.4 Å². The zero-order valence-corrected chi connectivity index (χ0v) is 15.9. The van der Waals surface area contributed by atoms with Crippen LogP contribution in [-0.2, 0) is 16.1 Å². The van der Waals surface area contributed by atoms with Gasteiger partial charge < -0.3 is 4.74 Å². The molecule has 0 N–H and O–H groups in total. The molecule has 21 heavy (non-hydrogen) atoms. The van der Waals surface area contributed by atoms with Gasteiger partial charge in [-0.05, 0) is 73.7 Å². The summed E-state index contributed by atoms with van der Waals surface area (Å²) >= 11 is 6.72. The Morgan fingerprint density at radius 2 is 2.00 bits per heavy atom. The fraction of sp³-hybridized carbons (Fsp3) is 0.471. The number of esters is 1. The Morgan fingerprint density at radius 3 is 2.62 bits per heavy atom. The first-order chi connectivity index (χ1) is 9.75. The van der Waals surface area contributed by atoms with Crippen LogP contribution in [0.3, 0.4) is 0 Å². The molecule has 0 spiro atoms. The summed E-state index contributed by atoms with van der Waals surface area (Å²) < 4.78 is 6.42. The van der Waals surface area contributed by atoms with Crippen LogP contribution in [-0.4, -0.2) is 5.97 Å². The van der Waals surface area contributed by atoms with Crippen LogP contribution in [0.5, 0.6) is 0 Å². The van der Waals surface area contributed by atoms with Crippen molar-refractivity contribution in [3.8, 4) is 0 Å². The van der Waals surface area contributed by atoms with Gasteiger partial charge in [0.15, 0.2) is 0 Å². The van der Waals surface area contributed by atoms with E-state index in [1.807, 2.05) is 18.2 Å². The van der Waals surface area contributed by atoms with Crippen molar-refractivity contribution in [2.24, 2.45) is 17.3 Å². The zero-order chi connectivity index (χ0) is 15.8. The van der Waals surface area contributed by atoms with E-state index in [0.29, 0.717) is 6.61 Å². The van der Waals surface area contributed by atoms with E-state index in [0.717, 1.165) is 8.96 Å². The molecule has 114 valence electrons. The van der Waals surface area contributed by atoms with Gasteiger partial charge >= 0.3 is 5.97 Å². The SMILES string of the molecule is Cc1cccc(COC(=O)C2C(C=C(Br)Br)C2(C)C)c1C. The number of ether oxygens (including phenoxy) is 1. The second-order valence-electron chi connectivity index (χ2n) is 6.25. The van der Waals surface area contributed by atoms with E-state index >= 15 is 0 Å². The molecule has 2 atom stereocenters. The Labute approximate surface area is 143 Å². The third-order valence-electron chi connectivity index (χ3n) is 4.56. The summed E-state index contributed by atoms with van der Waals surface area (Å²) in [5, 5.41) is 0. The standard InChI is InChI=1S/C17H20Br2O2/c1-10-6-5-7-12(11(10)2)9-21-16(20)15-13(8-14(18)19)17(15,3)4/h5-8,13,15H,9H2,1-4H3. The average Bonchev–Trinajstić information content (AvgIpc) is 2.91. The molecule has 0 saturated heterocycles. The number of benzene rings is 1. The lowest BCUT2D eigenvalue weighted by Crippen LogP contribution is -2.11. The number of carbonyl (C=O) groups excluding carboxylic acids is 1. The first-order valence-electron chi connectivity index (χ1n) is 6.99. The third kappa shape index (κ3) is 3.59. The summed E-state index contributed by atoms with van der Waals surface area (Å²) in [6, 6.07) is 6.08. The second-order valence-corrected chi connectivity index (χ2v) is 9.02. The largest absolute Gasteiger partial charge is 0.461 e. The summed E-state index contributed by atoms with van der Waals surface area (Å²) in [5.41, 5.74) is 3.46. The van der Waals surface area contributed by atoms with Crippen molar-refractivity contribution in [2.75, 3.05) is 0 Å². The van der Waals surface area contributed by atoms with Crippen molar-refractivity contribution in [3.63, 3.8) is 0 Å². The summed E-state index contributed by atoms with van der Waals surface area (Å²) in [6.07, 6.45) is 2.03. The Balaban J connectivity index is 2.00.